The summed E-state index contributed by atoms with van der Waals surface area (Å²) < 4.78 is 0. The molecule has 76 valence electrons. The highest BCUT2D eigenvalue weighted by Crippen LogP contribution is 2.18. The lowest BCUT2D eigenvalue weighted by molar-refractivity contribution is 0.595. The van der Waals surface area contributed by atoms with Crippen LogP contribution in [0.3, 0.4) is 0 Å². The van der Waals surface area contributed by atoms with E-state index in [0.717, 1.165) is 13.7 Å². The van der Waals surface area contributed by atoms with Crippen molar-refractivity contribution in [1.82, 2.24) is 0 Å². The van der Waals surface area contributed by atoms with Crippen LogP contribution >= 0.6 is 12.5 Å². The molecule has 1 aromatic rings. The van der Waals surface area contributed by atoms with Crippen molar-refractivity contribution in [3.63, 3.8) is 0 Å². The van der Waals surface area contributed by atoms with Crippen LogP contribution in [-0.4, -0.2) is 29.3 Å². The Bertz CT molecular complexity index is 357. The Labute approximate surface area is 102 Å². The molecule has 0 saturated heterocycles. The van der Waals surface area contributed by atoms with Crippen molar-refractivity contribution in [3.05, 3.63) is 17.7 Å². The highest BCUT2D eigenvalue weighted by Gasteiger charge is 2.18. The van der Waals surface area contributed by atoms with E-state index in [2.05, 4.69) is 61.0 Å². The number of hydrogen-bond acceptors (Lipinski definition) is 1. The van der Waals surface area contributed by atoms with Gasteiger partial charge in [0.25, 0.3) is 0 Å². The minimum absolute atomic E-state index is 0.218. The Kier molecular flexibility index (Phi) is 4.11. The Morgan fingerprint density at radius 3 is 2.20 bits per heavy atom. The van der Waals surface area contributed by atoms with Gasteiger partial charge in [-0.15, -0.1) is 0 Å². The quantitative estimate of drug-likeness (QED) is 0.417. The summed E-state index contributed by atoms with van der Waals surface area (Å²) in [6.07, 6.45) is 0. The van der Waals surface area contributed by atoms with Gasteiger partial charge in [-0.25, -0.2) is 12.5 Å². The molecule has 0 aromatic heterocycles. The second kappa shape index (κ2) is 4.78. The van der Waals surface area contributed by atoms with E-state index in [1.165, 1.54) is 22.0 Å². The fourth-order valence-corrected chi connectivity index (χ4v) is 2.28. The first kappa shape index (κ1) is 12.9. The average Bonchev–Trinajstić information content (AvgIpc) is 2.15. The van der Waals surface area contributed by atoms with Crippen LogP contribution in [0.5, 0.6) is 0 Å². The molecule has 0 bridgehead atoms. The number of benzene rings is 1. The summed E-state index contributed by atoms with van der Waals surface area (Å²) >= 11 is 4.42. The molecule has 0 unspecified atom stereocenters. The van der Waals surface area contributed by atoms with E-state index in [0.29, 0.717) is 0 Å². The van der Waals surface area contributed by atoms with Gasteiger partial charge in [0.05, 0.1) is 7.74 Å². The summed E-state index contributed by atoms with van der Waals surface area (Å²) in [5, 5.41) is 0. The van der Waals surface area contributed by atoms with Crippen molar-refractivity contribution < 1.29 is 0 Å². The normalized spacial score (nSPS) is 11.2. The van der Waals surface area contributed by atoms with Crippen LogP contribution in [0, 0.1) is 0 Å². The van der Waals surface area contributed by atoms with Crippen LogP contribution in [0.4, 0.5) is 0 Å². The molecule has 0 heterocycles. The summed E-state index contributed by atoms with van der Waals surface area (Å²) in [5.41, 5.74) is 5.90. The van der Waals surface area contributed by atoms with Gasteiger partial charge < -0.3 is 0 Å². The van der Waals surface area contributed by atoms with Gasteiger partial charge in [-0.2, -0.15) is 0 Å². The largest absolute Gasteiger partial charge is 0.225 e. The number of hydrogen-bond donors (Lipinski definition) is 1. The molecule has 0 saturated carbocycles. The number of thiol groups is 1. The van der Waals surface area contributed by atoms with Gasteiger partial charge in [-0.3, -0.25) is 0 Å². The second-order valence-corrected chi connectivity index (χ2v) is 5.51. The summed E-state index contributed by atoms with van der Waals surface area (Å²) in [6, 6.07) is 4.66. The third-order valence-corrected chi connectivity index (χ3v) is 3.26. The molecular weight excluding hydrogens is 195 g/mol. The molecule has 0 amide bonds. The van der Waals surface area contributed by atoms with E-state index >= 15 is 0 Å². The topological polar surface area (TPSA) is 0 Å². The molecule has 0 fully saturated rings. The van der Waals surface area contributed by atoms with Crippen molar-refractivity contribution in [3.8, 4) is 0 Å². The fourth-order valence-electron chi connectivity index (χ4n) is 2.02. The third kappa shape index (κ3) is 2.90. The summed E-state index contributed by atoms with van der Waals surface area (Å²) in [5.74, 6) is 0. The van der Waals surface area contributed by atoms with Crippen molar-refractivity contribution in [1.29, 1.82) is 0 Å². The smallest absolute Gasteiger partial charge is 0.220 e. The molecule has 0 aliphatic rings. The van der Waals surface area contributed by atoms with Gasteiger partial charge >= 0.3 is 0 Å². The Balaban J connectivity index is 3.36. The molecule has 1 aromatic carbocycles. The molecule has 0 aliphatic carbocycles. The molecule has 5 heteroatoms. The first-order valence-electron chi connectivity index (χ1n) is 5.64. The molecule has 1 rings (SSSR count). The average molecular weight is 214 g/mol. The van der Waals surface area contributed by atoms with E-state index in [-0.39, 0.29) is 5.41 Å². The van der Waals surface area contributed by atoms with Gasteiger partial charge in [0.2, 0.25) is 6.56 Å². The lowest BCUT2D eigenvalue weighted by Gasteiger charge is -2.24. The van der Waals surface area contributed by atoms with E-state index in [9.17, 15) is 0 Å². The zero-order valence-corrected chi connectivity index (χ0v) is 11.4. The Morgan fingerprint density at radius 2 is 1.80 bits per heavy atom. The van der Waals surface area contributed by atoms with Crippen LogP contribution < -0.4 is 16.4 Å². The van der Waals surface area contributed by atoms with Crippen LogP contribution in [0.1, 0.15) is 26.3 Å². The van der Waals surface area contributed by atoms with Crippen molar-refractivity contribution in [2.45, 2.75) is 26.2 Å². The van der Waals surface area contributed by atoms with Gasteiger partial charge in [0.15, 0.2) is 0 Å². The monoisotopic (exact) mass is 214 g/mol. The first-order valence-corrected chi connectivity index (χ1v) is 6.27. The van der Waals surface area contributed by atoms with Crippen LogP contribution in [0.25, 0.3) is 0 Å². The third-order valence-electron chi connectivity index (χ3n) is 2.92. The lowest BCUT2D eigenvalue weighted by Crippen LogP contribution is -2.39. The van der Waals surface area contributed by atoms with Crippen LogP contribution in [0.2, 0.25) is 0 Å². The summed E-state index contributed by atoms with van der Waals surface area (Å²) in [7, 11) is 5.52. The molecule has 0 radical (unpaired) electrons. The predicted molar refractivity (Wildman–Crippen MR) is 84.4 cm³/mol. The van der Waals surface area contributed by atoms with Crippen molar-refractivity contribution in [2.24, 2.45) is 0 Å². The van der Waals surface area contributed by atoms with E-state index in [1.54, 1.807) is 0 Å². The fraction of sp³-hybridized carbons (Fsp3) is 0.400. The zero-order chi connectivity index (χ0) is 11.6. The number of rotatable bonds is 2. The van der Waals surface area contributed by atoms with Crippen LogP contribution in [-0.2, 0) is 5.41 Å². The van der Waals surface area contributed by atoms with E-state index in [4.69, 9.17) is 0 Å². The van der Waals surface area contributed by atoms with Gasteiger partial charge in [-0.05, 0) is 11.0 Å². The zero-order valence-electron chi connectivity index (χ0n) is 10.5. The maximum atomic E-state index is 4.42. The second-order valence-electron chi connectivity index (χ2n) is 5.20. The SMILES string of the molecule is BBc1cc(C(C)(C)C)c(BS)cc1B. The highest BCUT2D eigenvalue weighted by molar-refractivity contribution is 8.08. The molecule has 0 aliphatic heterocycles. The summed E-state index contributed by atoms with van der Waals surface area (Å²) in [6.45, 7) is 7.63. The minimum atomic E-state index is 0.218. The molecule has 0 atom stereocenters. The van der Waals surface area contributed by atoms with E-state index < -0.39 is 0 Å². The molecular formula is C10H18B4S. The van der Waals surface area contributed by atoms with Crippen molar-refractivity contribution in [2.75, 3.05) is 0 Å². The lowest BCUT2D eigenvalue weighted by atomic mass is 9.48. The maximum Gasteiger partial charge on any atom is 0.220 e. The molecule has 0 spiro atoms. The molecule has 15 heavy (non-hydrogen) atoms. The molecule has 0 nitrogen and oxygen atoms in total. The van der Waals surface area contributed by atoms with Crippen molar-refractivity contribution >= 4 is 58.2 Å². The Morgan fingerprint density at radius 1 is 1.20 bits per heavy atom. The highest BCUT2D eigenvalue weighted by atomic mass is 32.1. The maximum absolute atomic E-state index is 4.42. The first-order chi connectivity index (χ1) is 6.90. The standard InChI is InChI=1S/C10H18B4S/c1-10(2,3)6-4-9(13-12)7(11)5-8(6)14-15/h4-5,13-15H,11-12H2,1-3H3. The van der Waals surface area contributed by atoms with Gasteiger partial charge in [0, 0.05) is 0 Å². The Hall–Kier alpha value is -0.170. The van der Waals surface area contributed by atoms with E-state index in [1.807, 2.05) is 0 Å². The van der Waals surface area contributed by atoms with Gasteiger partial charge in [0.1, 0.15) is 15.0 Å². The minimum Gasteiger partial charge on any atom is -0.225 e. The summed E-state index contributed by atoms with van der Waals surface area (Å²) in [4.78, 5) is 0. The predicted octanol–water partition coefficient (Wildman–Crippen LogP) is -2.24. The molecule has 0 N–H and O–H groups in total. The van der Waals surface area contributed by atoms with Gasteiger partial charge in [-0.1, -0.05) is 49.3 Å². The van der Waals surface area contributed by atoms with Crippen LogP contribution in [0.15, 0.2) is 12.1 Å².